The largest absolute Gasteiger partial charge is 0.368 e. The fraction of sp³-hybridized carbons (Fsp3) is 0.200. The highest BCUT2D eigenvalue weighted by molar-refractivity contribution is 6.03. The Morgan fingerprint density at radius 2 is 1.34 bits per heavy atom. The number of fused-ring (bicyclic) bond motifs is 2. The average molecular weight is 509 g/mol. The second-order valence-electron chi connectivity index (χ2n) is 9.54. The molecule has 1 saturated heterocycles. The first-order chi connectivity index (χ1) is 18.4. The average Bonchev–Trinajstić information content (AvgIpc) is 2.91. The van der Waals surface area contributed by atoms with Crippen LogP contribution in [0.4, 0.5) is 0 Å². The van der Waals surface area contributed by atoms with E-state index in [1.54, 1.807) is 0 Å². The second-order valence-corrected chi connectivity index (χ2v) is 9.54. The molecule has 4 amide bonds. The zero-order valence-corrected chi connectivity index (χ0v) is 20.6. The van der Waals surface area contributed by atoms with Crippen molar-refractivity contribution in [3.05, 3.63) is 96.1 Å². The van der Waals surface area contributed by atoms with E-state index in [1.165, 1.54) is 0 Å². The van der Waals surface area contributed by atoms with Crippen molar-refractivity contribution >= 4 is 45.2 Å². The number of hydrogen-bond donors (Lipinski definition) is 4. The summed E-state index contributed by atoms with van der Waals surface area (Å²) in [5.74, 6) is -2.05. The van der Waals surface area contributed by atoms with Gasteiger partial charge in [0, 0.05) is 12.8 Å². The molecule has 0 radical (unpaired) electrons. The smallest absolute Gasteiger partial charge is 0.243 e. The molecule has 1 aliphatic heterocycles. The van der Waals surface area contributed by atoms with Gasteiger partial charge in [-0.15, -0.1) is 0 Å². The van der Waals surface area contributed by atoms with Crippen LogP contribution in [0.1, 0.15) is 17.5 Å². The van der Waals surface area contributed by atoms with Crippen LogP contribution in [0.5, 0.6) is 0 Å². The number of carbonyl (C=O) groups is 4. The third kappa shape index (κ3) is 5.34. The van der Waals surface area contributed by atoms with Crippen molar-refractivity contribution in [1.29, 1.82) is 0 Å². The van der Waals surface area contributed by atoms with Gasteiger partial charge in [0.15, 0.2) is 0 Å². The first-order valence-electron chi connectivity index (χ1n) is 12.5. The van der Waals surface area contributed by atoms with Crippen LogP contribution in [0.3, 0.4) is 0 Å². The van der Waals surface area contributed by atoms with E-state index in [1.807, 2.05) is 78.9 Å². The summed E-state index contributed by atoms with van der Waals surface area (Å²) in [6.07, 6.45) is 0.223. The molecule has 1 fully saturated rings. The van der Waals surface area contributed by atoms with Gasteiger partial charge in [0.25, 0.3) is 0 Å². The summed E-state index contributed by atoms with van der Waals surface area (Å²) >= 11 is 0. The van der Waals surface area contributed by atoms with Crippen LogP contribution in [0.15, 0.2) is 84.9 Å². The fourth-order valence-electron chi connectivity index (χ4n) is 5.01. The Morgan fingerprint density at radius 3 is 1.97 bits per heavy atom. The minimum absolute atomic E-state index is 0.186. The Balaban J connectivity index is 1.29. The van der Waals surface area contributed by atoms with E-state index in [0.717, 1.165) is 32.7 Å². The number of rotatable bonds is 8. The summed E-state index contributed by atoms with van der Waals surface area (Å²) in [5, 5.41) is 12.0. The molecule has 1 aliphatic rings. The van der Waals surface area contributed by atoms with E-state index < -0.39 is 35.8 Å². The van der Waals surface area contributed by atoms with Crippen molar-refractivity contribution in [2.75, 3.05) is 0 Å². The Labute approximate surface area is 219 Å². The minimum atomic E-state index is -1.04. The normalized spacial score (nSPS) is 18.0. The van der Waals surface area contributed by atoms with Gasteiger partial charge in [-0.2, -0.15) is 0 Å². The van der Waals surface area contributed by atoms with E-state index >= 15 is 0 Å². The molecule has 8 heteroatoms. The molecular formula is C30H28N4O4. The number of primary amides is 1. The van der Waals surface area contributed by atoms with Crippen molar-refractivity contribution in [1.82, 2.24) is 16.0 Å². The van der Waals surface area contributed by atoms with Gasteiger partial charge in [0.05, 0.1) is 6.42 Å². The zero-order chi connectivity index (χ0) is 26.6. The van der Waals surface area contributed by atoms with Crippen molar-refractivity contribution in [2.45, 2.75) is 37.4 Å². The summed E-state index contributed by atoms with van der Waals surface area (Å²) < 4.78 is 0. The lowest BCUT2D eigenvalue weighted by atomic mass is 9.92. The minimum Gasteiger partial charge on any atom is -0.368 e. The van der Waals surface area contributed by atoms with Gasteiger partial charge in [-0.3, -0.25) is 19.2 Å². The highest BCUT2D eigenvalue weighted by Crippen LogP contribution is 2.29. The van der Waals surface area contributed by atoms with E-state index in [4.69, 9.17) is 5.73 Å². The maximum Gasteiger partial charge on any atom is 0.243 e. The van der Waals surface area contributed by atoms with Crippen LogP contribution in [0.2, 0.25) is 0 Å². The maximum absolute atomic E-state index is 12.9. The SMILES string of the molecule is NC(=O)[C@H](Cc1c2ccccc2cc2ccccc12)NC(=O)C[C@@H]1NC(=O)[C@H](Cc2ccccc2)NC1=O. The van der Waals surface area contributed by atoms with Gasteiger partial charge in [-0.05, 0) is 38.7 Å². The molecule has 0 bridgehead atoms. The van der Waals surface area contributed by atoms with Gasteiger partial charge in [0.2, 0.25) is 23.6 Å². The predicted octanol–water partition coefficient (Wildman–Crippen LogP) is 2.12. The number of hydrogen-bond acceptors (Lipinski definition) is 4. The fourth-order valence-corrected chi connectivity index (χ4v) is 5.01. The zero-order valence-electron chi connectivity index (χ0n) is 20.6. The van der Waals surface area contributed by atoms with Crippen LogP contribution < -0.4 is 21.7 Å². The first-order valence-corrected chi connectivity index (χ1v) is 12.5. The molecule has 1 heterocycles. The van der Waals surface area contributed by atoms with Crippen LogP contribution in [-0.4, -0.2) is 41.8 Å². The molecule has 0 unspecified atom stereocenters. The Bertz CT molecular complexity index is 1480. The Morgan fingerprint density at radius 1 is 0.789 bits per heavy atom. The van der Waals surface area contributed by atoms with Gasteiger partial charge < -0.3 is 21.7 Å². The number of carbonyl (C=O) groups excluding carboxylic acids is 4. The van der Waals surface area contributed by atoms with Crippen molar-refractivity contribution < 1.29 is 19.2 Å². The molecule has 8 nitrogen and oxygen atoms in total. The topological polar surface area (TPSA) is 130 Å². The van der Waals surface area contributed by atoms with Gasteiger partial charge in [0.1, 0.15) is 18.1 Å². The second kappa shape index (κ2) is 10.7. The summed E-state index contributed by atoms with van der Waals surface area (Å²) in [6, 6.07) is 24.4. The molecular weight excluding hydrogens is 480 g/mol. The van der Waals surface area contributed by atoms with E-state index in [0.29, 0.717) is 6.42 Å². The van der Waals surface area contributed by atoms with Crippen LogP contribution in [-0.2, 0) is 32.0 Å². The summed E-state index contributed by atoms with van der Waals surface area (Å²) in [4.78, 5) is 50.6. The number of benzene rings is 4. The summed E-state index contributed by atoms with van der Waals surface area (Å²) in [7, 11) is 0. The lowest BCUT2D eigenvalue weighted by Gasteiger charge is -2.29. The highest BCUT2D eigenvalue weighted by atomic mass is 16.2. The lowest BCUT2D eigenvalue weighted by molar-refractivity contribution is -0.138. The summed E-state index contributed by atoms with van der Waals surface area (Å²) in [6.45, 7) is 0. The Kier molecular flexibility index (Phi) is 7.04. The number of piperazine rings is 1. The van der Waals surface area contributed by atoms with E-state index in [-0.39, 0.29) is 18.7 Å². The third-order valence-electron chi connectivity index (χ3n) is 6.91. The molecule has 3 atom stereocenters. The molecule has 4 aromatic carbocycles. The van der Waals surface area contributed by atoms with Crippen molar-refractivity contribution in [2.24, 2.45) is 5.73 Å². The highest BCUT2D eigenvalue weighted by Gasteiger charge is 2.35. The molecule has 0 aliphatic carbocycles. The van der Waals surface area contributed by atoms with E-state index in [2.05, 4.69) is 22.0 Å². The van der Waals surface area contributed by atoms with Crippen LogP contribution >= 0.6 is 0 Å². The molecule has 0 spiro atoms. The molecule has 38 heavy (non-hydrogen) atoms. The standard InChI is InChI=1S/C30H28N4O4/c31-28(36)24(16-23-21-12-6-4-10-19(21)15-20-11-5-7-13-22(20)23)32-27(35)17-26-30(38)33-25(29(37)34-26)14-18-8-2-1-3-9-18/h1-13,15,24-26H,14,16-17H2,(H2,31,36)(H,32,35)(H,33,38)(H,34,37)/t24-,25-,26-/m0/s1. The van der Waals surface area contributed by atoms with Gasteiger partial charge >= 0.3 is 0 Å². The molecule has 4 aromatic rings. The van der Waals surface area contributed by atoms with Crippen LogP contribution in [0.25, 0.3) is 21.5 Å². The van der Waals surface area contributed by atoms with E-state index in [9.17, 15) is 19.2 Å². The van der Waals surface area contributed by atoms with Gasteiger partial charge in [-0.25, -0.2) is 0 Å². The van der Waals surface area contributed by atoms with Crippen molar-refractivity contribution in [3.63, 3.8) is 0 Å². The third-order valence-corrected chi connectivity index (χ3v) is 6.91. The van der Waals surface area contributed by atoms with Crippen molar-refractivity contribution in [3.8, 4) is 0 Å². The van der Waals surface area contributed by atoms with Gasteiger partial charge in [-0.1, -0.05) is 78.9 Å². The number of amides is 4. The maximum atomic E-state index is 12.9. The van der Waals surface area contributed by atoms with Crippen LogP contribution in [0, 0.1) is 0 Å². The number of nitrogens with one attached hydrogen (secondary N) is 3. The monoisotopic (exact) mass is 508 g/mol. The number of nitrogens with two attached hydrogens (primary N) is 1. The summed E-state index contributed by atoms with van der Waals surface area (Å²) in [5.41, 5.74) is 7.50. The predicted molar refractivity (Wildman–Crippen MR) is 145 cm³/mol. The molecule has 0 aromatic heterocycles. The first kappa shape index (κ1) is 25.0. The molecule has 192 valence electrons. The molecule has 5 N–H and O–H groups in total. The lowest BCUT2D eigenvalue weighted by Crippen LogP contribution is -2.63. The quantitative estimate of drug-likeness (QED) is 0.272. The molecule has 0 saturated carbocycles. The Hall–Kier alpha value is -4.72. The molecule has 5 rings (SSSR count).